The van der Waals surface area contributed by atoms with Crippen LogP contribution in [0.3, 0.4) is 0 Å². The smallest absolute Gasteiger partial charge is 0.341 e. The van der Waals surface area contributed by atoms with Crippen LogP contribution >= 0.6 is 0 Å². The van der Waals surface area contributed by atoms with Gasteiger partial charge in [-0.2, -0.15) is 4.98 Å². The first kappa shape index (κ1) is 29.3. The van der Waals surface area contributed by atoms with Gasteiger partial charge in [0.25, 0.3) is 0 Å². The minimum Gasteiger partial charge on any atom is -0.480 e. The van der Waals surface area contributed by atoms with E-state index in [0.717, 1.165) is 5.56 Å². The van der Waals surface area contributed by atoms with Crippen LogP contribution in [0.25, 0.3) is 11.0 Å². The molecule has 15 nitrogen and oxygen atoms in total. The monoisotopic (exact) mass is 589 g/mol. The minimum atomic E-state index is -1.29. The van der Waals surface area contributed by atoms with Crippen molar-refractivity contribution in [2.75, 3.05) is 31.1 Å². The van der Waals surface area contributed by atoms with Crippen LogP contribution in [0, 0.1) is 0 Å². The van der Waals surface area contributed by atoms with Crippen molar-refractivity contribution in [3.8, 4) is 0 Å². The van der Waals surface area contributed by atoms with Crippen LogP contribution < -0.4 is 15.6 Å². The van der Waals surface area contributed by atoms with Crippen LogP contribution in [0.4, 0.5) is 5.95 Å². The van der Waals surface area contributed by atoms with Crippen molar-refractivity contribution in [3.05, 3.63) is 76.0 Å². The summed E-state index contributed by atoms with van der Waals surface area (Å²) >= 11 is 0. The largest absolute Gasteiger partial charge is 0.480 e. The van der Waals surface area contributed by atoms with Crippen LogP contribution in [0.15, 0.2) is 53.7 Å². The summed E-state index contributed by atoms with van der Waals surface area (Å²) in [6, 6.07) is 8.03. The minimum absolute atomic E-state index is 0.157. The number of carboxylic acids is 2. The highest BCUT2D eigenvalue weighted by atomic mass is 16.4. The highest BCUT2D eigenvalue weighted by Crippen LogP contribution is 2.17. The molecule has 1 saturated heterocycles. The summed E-state index contributed by atoms with van der Waals surface area (Å²) in [5.41, 5.74) is 0.942. The molecule has 3 aromatic heterocycles. The topological polar surface area (TPSA) is 189 Å². The fourth-order valence-electron chi connectivity index (χ4n) is 4.97. The number of nitrogens with zero attached hydrogens (tertiary/aromatic N) is 8. The molecule has 1 fully saturated rings. The van der Waals surface area contributed by atoms with E-state index in [4.69, 9.17) is 0 Å². The Bertz CT molecular complexity index is 1700. The molecule has 4 aromatic rings. The Balaban J connectivity index is 1.16. The van der Waals surface area contributed by atoms with E-state index >= 15 is 0 Å². The van der Waals surface area contributed by atoms with Crippen LogP contribution in [-0.4, -0.2) is 94.7 Å². The lowest BCUT2D eigenvalue weighted by Gasteiger charge is -2.34. The maximum absolute atomic E-state index is 12.6. The van der Waals surface area contributed by atoms with E-state index in [1.165, 1.54) is 17.1 Å². The molecular weight excluding hydrogens is 558 g/mol. The van der Waals surface area contributed by atoms with E-state index in [1.807, 2.05) is 42.2 Å². The van der Waals surface area contributed by atoms with Gasteiger partial charge in [-0.3, -0.25) is 14.5 Å². The third kappa shape index (κ3) is 6.83. The van der Waals surface area contributed by atoms with Gasteiger partial charge < -0.3 is 25.0 Å². The SMILES string of the molecule is CCn1cc(C(=O)O)c(=O)c2cnc(N3CCN(Cc4cn(CC(=O)N[C@@H](Cc5ccccc5)C(=O)O)nn4)CC3)nc21. The number of carbonyl (C=O) groups excluding carboxylic acids is 1. The van der Waals surface area contributed by atoms with Crippen molar-refractivity contribution in [2.45, 2.75) is 39.0 Å². The Kier molecular flexibility index (Phi) is 8.71. The average molecular weight is 590 g/mol. The standard InChI is InChI=1S/C28H31N9O6/c1-2-35-16-21(26(40)41)24(39)20-13-29-28(31-25(20)35)36-10-8-34(9-11-36)14-19-15-37(33-32-19)17-23(38)30-22(27(42)43)12-18-6-4-3-5-7-18/h3-7,13,15-16,22H,2,8-12,14,17H2,1H3,(H,30,38)(H,40,41)(H,42,43)/t22-/m0/s1. The molecule has 1 aliphatic heterocycles. The quantitative estimate of drug-likeness (QED) is 0.216. The molecule has 5 rings (SSSR count). The lowest BCUT2D eigenvalue weighted by atomic mass is 10.1. The van der Waals surface area contributed by atoms with Gasteiger partial charge in [-0.1, -0.05) is 35.5 Å². The van der Waals surface area contributed by atoms with Gasteiger partial charge in [-0.05, 0) is 12.5 Å². The number of carboxylic acid groups (broad SMARTS) is 2. The molecular formula is C28H31N9O6. The molecule has 3 N–H and O–H groups in total. The zero-order valence-electron chi connectivity index (χ0n) is 23.5. The number of carbonyl (C=O) groups is 3. The van der Waals surface area contributed by atoms with Gasteiger partial charge in [-0.15, -0.1) is 5.10 Å². The Morgan fingerprint density at radius 2 is 1.79 bits per heavy atom. The molecule has 0 radical (unpaired) electrons. The van der Waals surface area contributed by atoms with Gasteiger partial charge in [0.15, 0.2) is 0 Å². The Labute approximate surface area is 245 Å². The molecule has 0 aliphatic carbocycles. The van der Waals surface area contributed by atoms with E-state index < -0.39 is 29.3 Å². The number of amides is 1. The molecule has 0 spiro atoms. The number of pyridine rings is 1. The van der Waals surface area contributed by atoms with Gasteiger partial charge in [0.1, 0.15) is 23.8 Å². The summed E-state index contributed by atoms with van der Waals surface area (Å²) in [5.74, 6) is -2.42. The maximum atomic E-state index is 12.6. The summed E-state index contributed by atoms with van der Waals surface area (Å²) in [7, 11) is 0. The van der Waals surface area contributed by atoms with Crippen molar-refractivity contribution in [1.82, 2.24) is 39.7 Å². The normalized spacial score (nSPS) is 14.5. The second-order valence-corrected chi connectivity index (χ2v) is 10.2. The fourth-order valence-corrected chi connectivity index (χ4v) is 4.97. The number of aryl methyl sites for hydroxylation is 1. The molecule has 0 bridgehead atoms. The second kappa shape index (κ2) is 12.8. The zero-order chi connectivity index (χ0) is 30.5. The van der Waals surface area contributed by atoms with Gasteiger partial charge in [0.05, 0.1) is 17.3 Å². The number of hydrogen-bond donors (Lipinski definition) is 3. The summed E-state index contributed by atoms with van der Waals surface area (Å²) in [6.45, 7) is 5.21. The number of aromatic nitrogens is 6. The van der Waals surface area contributed by atoms with Gasteiger partial charge in [-0.25, -0.2) is 19.3 Å². The molecule has 1 amide bonds. The van der Waals surface area contributed by atoms with Crippen LogP contribution in [0.5, 0.6) is 0 Å². The number of piperazine rings is 1. The molecule has 4 heterocycles. The summed E-state index contributed by atoms with van der Waals surface area (Å²) in [5, 5.41) is 29.8. The van der Waals surface area contributed by atoms with Gasteiger partial charge in [0.2, 0.25) is 17.3 Å². The Hall–Kier alpha value is -5.18. The van der Waals surface area contributed by atoms with E-state index in [9.17, 15) is 29.4 Å². The van der Waals surface area contributed by atoms with Crippen LogP contribution in [-0.2, 0) is 35.6 Å². The highest BCUT2D eigenvalue weighted by molar-refractivity contribution is 5.91. The Morgan fingerprint density at radius 1 is 1.05 bits per heavy atom. The summed E-state index contributed by atoms with van der Waals surface area (Å²) in [4.78, 5) is 61.4. The maximum Gasteiger partial charge on any atom is 0.341 e. The summed E-state index contributed by atoms with van der Waals surface area (Å²) in [6.07, 6.45) is 4.54. The molecule has 43 heavy (non-hydrogen) atoms. The molecule has 224 valence electrons. The first-order valence-corrected chi connectivity index (χ1v) is 13.8. The van der Waals surface area contributed by atoms with E-state index in [-0.39, 0.29) is 23.9 Å². The highest BCUT2D eigenvalue weighted by Gasteiger charge is 2.23. The predicted octanol–water partition coefficient (Wildman–Crippen LogP) is 0.235. The van der Waals surface area contributed by atoms with Crippen molar-refractivity contribution < 1.29 is 24.6 Å². The first-order valence-electron chi connectivity index (χ1n) is 13.8. The van der Waals surface area contributed by atoms with Crippen molar-refractivity contribution in [3.63, 3.8) is 0 Å². The number of fused-ring (bicyclic) bond motifs is 1. The molecule has 0 saturated carbocycles. The van der Waals surface area contributed by atoms with Crippen molar-refractivity contribution in [1.29, 1.82) is 0 Å². The lowest BCUT2D eigenvalue weighted by molar-refractivity contribution is -0.141. The summed E-state index contributed by atoms with van der Waals surface area (Å²) < 4.78 is 3.02. The number of aliphatic carboxylic acids is 1. The molecule has 1 aliphatic rings. The van der Waals surface area contributed by atoms with E-state index in [0.29, 0.717) is 56.6 Å². The number of benzene rings is 1. The molecule has 15 heteroatoms. The van der Waals surface area contributed by atoms with Gasteiger partial charge in [0, 0.05) is 58.1 Å². The van der Waals surface area contributed by atoms with Gasteiger partial charge >= 0.3 is 11.9 Å². The number of anilines is 1. The fraction of sp³-hybridized carbons (Fsp3) is 0.357. The molecule has 0 unspecified atom stereocenters. The predicted molar refractivity (Wildman–Crippen MR) is 154 cm³/mol. The zero-order valence-corrected chi connectivity index (χ0v) is 23.5. The number of hydrogen-bond acceptors (Lipinski definition) is 10. The van der Waals surface area contributed by atoms with E-state index in [2.05, 4.69) is 30.5 Å². The van der Waals surface area contributed by atoms with Crippen LogP contribution in [0.2, 0.25) is 0 Å². The Morgan fingerprint density at radius 3 is 2.47 bits per heavy atom. The number of aromatic carboxylic acids is 1. The molecule has 1 aromatic carbocycles. The first-order chi connectivity index (χ1) is 20.7. The number of nitrogens with one attached hydrogen (secondary N) is 1. The van der Waals surface area contributed by atoms with E-state index in [1.54, 1.807) is 10.8 Å². The van der Waals surface area contributed by atoms with Crippen molar-refractivity contribution in [2.24, 2.45) is 0 Å². The third-order valence-electron chi connectivity index (χ3n) is 7.22. The lowest BCUT2D eigenvalue weighted by Crippen LogP contribution is -2.46. The second-order valence-electron chi connectivity index (χ2n) is 10.2. The number of rotatable bonds is 11. The van der Waals surface area contributed by atoms with Crippen molar-refractivity contribution >= 4 is 34.8 Å². The third-order valence-corrected chi connectivity index (χ3v) is 7.22. The molecule has 1 atom stereocenters. The van der Waals surface area contributed by atoms with Crippen LogP contribution in [0.1, 0.15) is 28.5 Å². The average Bonchev–Trinajstić information content (AvgIpc) is 3.43.